The fourth-order valence-corrected chi connectivity index (χ4v) is 3.88. The summed E-state index contributed by atoms with van der Waals surface area (Å²) in [5.41, 5.74) is 4.54. The number of aromatic amines is 1. The fourth-order valence-electron chi connectivity index (χ4n) is 2.93. The Morgan fingerprint density at radius 2 is 2.32 bits per heavy atom. The molecule has 0 bridgehead atoms. The van der Waals surface area contributed by atoms with Crippen molar-refractivity contribution in [2.75, 3.05) is 6.54 Å². The normalized spacial score (nSPS) is 15.7. The van der Waals surface area contributed by atoms with E-state index in [4.69, 9.17) is 16.3 Å². The molecule has 0 spiro atoms. The first kappa shape index (κ1) is 16.2. The van der Waals surface area contributed by atoms with E-state index in [0.29, 0.717) is 23.7 Å². The molecule has 128 valence electrons. The second-order valence-corrected chi connectivity index (χ2v) is 7.24. The van der Waals surface area contributed by atoms with Gasteiger partial charge in [0, 0.05) is 17.7 Å². The average Bonchev–Trinajstić information content (AvgIpc) is 3.32. The minimum absolute atomic E-state index is 0.130. The number of aryl methyl sites for hydroxylation is 1. The van der Waals surface area contributed by atoms with Gasteiger partial charge in [0.25, 0.3) is 5.91 Å². The van der Waals surface area contributed by atoms with Crippen molar-refractivity contribution in [3.8, 4) is 16.9 Å². The maximum atomic E-state index is 12.1. The van der Waals surface area contributed by atoms with Crippen molar-refractivity contribution in [2.45, 2.75) is 19.4 Å². The Labute approximate surface area is 154 Å². The summed E-state index contributed by atoms with van der Waals surface area (Å²) in [5, 5.41) is 14.3. The summed E-state index contributed by atoms with van der Waals surface area (Å²) < 4.78 is 5.93. The van der Waals surface area contributed by atoms with Gasteiger partial charge in [0.2, 0.25) is 0 Å². The Morgan fingerprint density at radius 1 is 1.44 bits per heavy atom. The van der Waals surface area contributed by atoms with Crippen LogP contribution >= 0.6 is 22.9 Å². The molecule has 5 nitrogen and oxygen atoms in total. The Balaban J connectivity index is 1.44. The van der Waals surface area contributed by atoms with Gasteiger partial charge in [0.1, 0.15) is 17.5 Å². The number of ether oxygens (including phenoxy) is 1. The largest absolute Gasteiger partial charge is 0.486 e. The van der Waals surface area contributed by atoms with E-state index >= 15 is 0 Å². The zero-order chi connectivity index (χ0) is 17.4. The monoisotopic (exact) mass is 373 g/mol. The van der Waals surface area contributed by atoms with Gasteiger partial charge >= 0.3 is 0 Å². The first-order chi connectivity index (χ1) is 12.1. The van der Waals surface area contributed by atoms with Gasteiger partial charge in [0.15, 0.2) is 0 Å². The van der Waals surface area contributed by atoms with E-state index in [9.17, 15) is 4.79 Å². The molecular formula is C18H16ClN3O2S. The molecule has 0 saturated carbocycles. The molecular weight excluding hydrogens is 358 g/mol. The van der Waals surface area contributed by atoms with Crippen LogP contribution in [-0.2, 0) is 6.42 Å². The number of nitrogens with one attached hydrogen (secondary N) is 2. The first-order valence-corrected chi connectivity index (χ1v) is 9.24. The quantitative estimate of drug-likeness (QED) is 0.730. The zero-order valence-corrected chi connectivity index (χ0v) is 15.1. The molecule has 1 aliphatic rings. The Bertz CT molecular complexity index is 921. The Hall–Kier alpha value is -2.31. The lowest BCUT2D eigenvalue weighted by Gasteiger charge is -2.11. The molecule has 1 aromatic carbocycles. The van der Waals surface area contributed by atoms with Crippen molar-refractivity contribution in [3.05, 3.63) is 57.0 Å². The summed E-state index contributed by atoms with van der Waals surface area (Å²) in [6.45, 7) is 2.26. The average molecular weight is 374 g/mol. The van der Waals surface area contributed by atoms with Crippen molar-refractivity contribution in [1.82, 2.24) is 15.5 Å². The third-order valence-corrected chi connectivity index (χ3v) is 5.10. The van der Waals surface area contributed by atoms with Crippen LogP contribution in [0.1, 0.15) is 21.7 Å². The maximum Gasteiger partial charge on any atom is 0.271 e. The van der Waals surface area contributed by atoms with Gasteiger partial charge in [-0.15, -0.1) is 0 Å². The Morgan fingerprint density at radius 3 is 3.04 bits per heavy atom. The molecule has 3 aromatic rings. The molecule has 0 aliphatic carbocycles. The van der Waals surface area contributed by atoms with Crippen molar-refractivity contribution in [2.24, 2.45) is 0 Å². The van der Waals surface area contributed by atoms with Gasteiger partial charge < -0.3 is 10.1 Å². The predicted molar refractivity (Wildman–Crippen MR) is 98.5 cm³/mol. The number of halogens is 1. The number of nitrogens with zero attached hydrogens (tertiary/aromatic N) is 1. The SMILES string of the molecule is Cc1cc(C(=O)NC[C@H]2Cc3cc(-c4ccsc4)cc(Cl)c3O2)n[nH]1. The lowest BCUT2D eigenvalue weighted by molar-refractivity contribution is 0.0928. The maximum absolute atomic E-state index is 12.1. The van der Waals surface area contributed by atoms with E-state index in [0.717, 1.165) is 28.1 Å². The van der Waals surface area contributed by atoms with E-state index in [1.165, 1.54) is 0 Å². The number of hydrogen-bond donors (Lipinski definition) is 2. The number of H-pyrrole nitrogens is 1. The van der Waals surface area contributed by atoms with Crippen molar-refractivity contribution >= 4 is 28.8 Å². The van der Waals surface area contributed by atoms with Gasteiger partial charge in [-0.1, -0.05) is 11.6 Å². The standard InChI is InChI=1S/C18H16ClN3O2S/c1-10-4-16(22-21-10)18(23)20-8-14-6-13-5-12(11-2-3-25-9-11)7-15(19)17(13)24-14/h2-5,7,9,14H,6,8H2,1H3,(H,20,23)(H,21,22)/t14-/m1/s1. The molecule has 3 heterocycles. The number of benzene rings is 1. The number of aromatic nitrogens is 2. The van der Waals surface area contributed by atoms with E-state index in [1.807, 2.05) is 18.4 Å². The van der Waals surface area contributed by atoms with Crippen LogP contribution in [-0.4, -0.2) is 28.8 Å². The summed E-state index contributed by atoms with van der Waals surface area (Å²) in [4.78, 5) is 12.1. The van der Waals surface area contributed by atoms with Crippen LogP contribution in [0.2, 0.25) is 5.02 Å². The molecule has 2 aromatic heterocycles. The molecule has 7 heteroatoms. The number of thiophene rings is 1. The van der Waals surface area contributed by atoms with Crippen LogP contribution in [0.4, 0.5) is 0 Å². The van der Waals surface area contributed by atoms with Gasteiger partial charge in [-0.3, -0.25) is 9.89 Å². The minimum Gasteiger partial charge on any atom is -0.486 e. The lowest BCUT2D eigenvalue weighted by atomic mass is 10.0. The number of hydrogen-bond acceptors (Lipinski definition) is 4. The molecule has 0 unspecified atom stereocenters. The summed E-state index contributed by atoms with van der Waals surface area (Å²) in [6.07, 6.45) is 0.585. The third-order valence-electron chi connectivity index (χ3n) is 4.14. The van der Waals surface area contributed by atoms with Gasteiger partial charge in [-0.05, 0) is 53.1 Å². The van der Waals surface area contributed by atoms with Crippen molar-refractivity contribution in [1.29, 1.82) is 0 Å². The molecule has 0 radical (unpaired) electrons. The third kappa shape index (κ3) is 3.27. The zero-order valence-electron chi connectivity index (χ0n) is 13.5. The smallest absolute Gasteiger partial charge is 0.271 e. The number of carbonyl (C=O) groups excluding carboxylic acids is 1. The van der Waals surface area contributed by atoms with Crippen molar-refractivity contribution in [3.63, 3.8) is 0 Å². The number of rotatable bonds is 4. The highest BCUT2D eigenvalue weighted by molar-refractivity contribution is 7.08. The predicted octanol–water partition coefficient (Wildman–Crippen LogP) is 3.83. The summed E-state index contributed by atoms with van der Waals surface area (Å²) in [7, 11) is 0. The van der Waals surface area contributed by atoms with Gasteiger partial charge in [0.05, 0.1) is 11.6 Å². The van der Waals surface area contributed by atoms with Crippen LogP contribution in [0, 0.1) is 6.92 Å². The number of fused-ring (bicyclic) bond motifs is 1. The van der Waals surface area contributed by atoms with E-state index in [1.54, 1.807) is 17.4 Å². The summed E-state index contributed by atoms with van der Waals surface area (Å²) in [6, 6.07) is 7.82. The van der Waals surface area contributed by atoms with Crippen LogP contribution in [0.25, 0.3) is 11.1 Å². The topological polar surface area (TPSA) is 67.0 Å². The second-order valence-electron chi connectivity index (χ2n) is 6.05. The van der Waals surface area contributed by atoms with Gasteiger partial charge in [-0.25, -0.2) is 0 Å². The molecule has 1 atom stereocenters. The molecule has 0 saturated heterocycles. The molecule has 25 heavy (non-hydrogen) atoms. The van der Waals surface area contributed by atoms with E-state index < -0.39 is 0 Å². The minimum atomic E-state index is -0.214. The highest BCUT2D eigenvalue weighted by Crippen LogP contribution is 2.39. The lowest BCUT2D eigenvalue weighted by Crippen LogP contribution is -2.34. The Kier molecular flexibility index (Phi) is 4.23. The number of amides is 1. The first-order valence-electron chi connectivity index (χ1n) is 7.92. The highest BCUT2D eigenvalue weighted by Gasteiger charge is 2.26. The van der Waals surface area contributed by atoms with Gasteiger partial charge in [-0.2, -0.15) is 16.4 Å². The van der Waals surface area contributed by atoms with Crippen LogP contribution in [0.3, 0.4) is 0 Å². The molecule has 4 rings (SSSR count). The molecule has 1 aliphatic heterocycles. The van der Waals surface area contributed by atoms with Crippen molar-refractivity contribution < 1.29 is 9.53 Å². The van der Waals surface area contributed by atoms with E-state index in [-0.39, 0.29) is 12.0 Å². The van der Waals surface area contributed by atoms with Crippen LogP contribution < -0.4 is 10.1 Å². The molecule has 2 N–H and O–H groups in total. The highest BCUT2D eigenvalue weighted by atomic mass is 35.5. The molecule has 0 fully saturated rings. The second kappa shape index (κ2) is 6.54. The molecule has 1 amide bonds. The fraction of sp³-hybridized carbons (Fsp3) is 0.222. The summed E-state index contributed by atoms with van der Waals surface area (Å²) in [5.74, 6) is 0.504. The van der Waals surface area contributed by atoms with E-state index in [2.05, 4.69) is 33.0 Å². The van der Waals surface area contributed by atoms with Crippen LogP contribution in [0.15, 0.2) is 35.0 Å². The summed E-state index contributed by atoms with van der Waals surface area (Å²) >= 11 is 8.05. The number of carbonyl (C=O) groups is 1. The van der Waals surface area contributed by atoms with Crippen LogP contribution in [0.5, 0.6) is 5.75 Å².